The monoisotopic (exact) mass is 428 g/mol. The van der Waals surface area contributed by atoms with Gasteiger partial charge in [0.2, 0.25) is 0 Å². The fourth-order valence-electron chi connectivity index (χ4n) is 4.33. The number of hydrogen-bond acceptors (Lipinski definition) is 3. The molecule has 1 saturated heterocycles. The number of aromatic nitrogens is 1. The molecule has 31 heavy (non-hydrogen) atoms. The smallest absolute Gasteiger partial charge is 0.0595 e. The van der Waals surface area contributed by atoms with E-state index in [0.717, 1.165) is 61.7 Å². The highest BCUT2D eigenvalue weighted by atomic mass is 35.5. The minimum atomic E-state index is 0.657. The van der Waals surface area contributed by atoms with E-state index in [1.54, 1.807) is 6.20 Å². The molecule has 2 aromatic carbocycles. The third-order valence-corrected chi connectivity index (χ3v) is 6.26. The standard InChI is InChI=1S/C27H25ClN2O/c1-2-19-13-23-8-7-22(15-25(23)26-16-24(28)17-29-27(26)14-19)21-5-3-20(4-6-21)18-30-9-11-31-12-10-30/h2-8,13,15-17H,1,9-12,14,18H2. The van der Waals surface area contributed by atoms with Crippen molar-refractivity contribution >= 4 is 17.7 Å². The number of fused-ring (bicyclic) bond motifs is 3. The van der Waals surface area contributed by atoms with Crippen molar-refractivity contribution in [2.24, 2.45) is 0 Å². The maximum Gasteiger partial charge on any atom is 0.0595 e. The van der Waals surface area contributed by atoms with Crippen LogP contribution in [0.5, 0.6) is 0 Å². The van der Waals surface area contributed by atoms with E-state index in [1.165, 1.54) is 22.3 Å². The fraction of sp³-hybridized carbons (Fsp3) is 0.222. The lowest BCUT2D eigenvalue weighted by Crippen LogP contribution is -2.35. The van der Waals surface area contributed by atoms with Crippen LogP contribution < -0.4 is 0 Å². The molecule has 0 spiro atoms. The molecular formula is C27H25ClN2O. The highest BCUT2D eigenvalue weighted by Gasteiger charge is 2.17. The Kier molecular flexibility index (Phi) is 5.73. The third kappa shape index (κ3) is 4.35. The maximum absolute atomic E-state index is 6.31. The lowest BCUT2D eigenvalue weighted by molar-refractivity contribution is 0.0342. The Morgan fingerprint density at radius 1 is 1.00 bits per heavy atom. The van der Waals surface area contributed by atoms with Crippen LogP contribution in [0.4, 0.5) is 0 Å². The second kappa shape index (κ2) is 8.80. The quantitative estimate of drug-likeness (QED) is 0.507. The zero-order valence-corrected chi connectivity index (χ0v) is 18.2. The van der Waals surface area contributed by atoms with Crippen molar-refractivity contribution in [2.75, 3.05) is 26.3 Å². The Labute approximate surface area is 188 Å². The van der Waals surface area contributed by atoms with Crippen LogP contribution in [0, 0.1) is 0 Å². The van der Waals surface area contributed by atoms with E-state index in [0.29, 0.717) is 5.02 Å². The molecule has 0 atom stereocenters. The zero-order chi connectivity index (χ0) is 21.2. The van der Waals surface area contributed by atoms with Gasteiger partial charge in [0.25, 0.3) is 0 Å². The van der Waals surface area contributed by atoms with Crippen LogP contribution in [0.1, 0.15) is 16.8 Å². The van der Waals surface area contributed by atoms with Gasteiger partial charge in [-0.3, -0.25) is 9.88 Å². The number of halogens is 1. The first-order valence-electron chi connectivity index (χ1n) is 10.7. The average molecular weight is 429 g/mol. The summed E-state index contributed by atoms with van der Waals surface area (Å²) in [6, 6.07) is 17.6. The Morgan fingerprint density at radius 2 is 1.77 bits per heavy atom. The van der Waals surface area contributed by atoms with Gasteiger partial charge >= 0.3 is 0 Å². The highest BCUT2D eigenvalue weighted by molar-refractivity contribution is 6.30. The maximum atomic E-state index is 6.31. The van der Waals surface area contributed by atoms with Crippen molar-refractivity contribution in [1.82, 2.24) is 9.88 Å². The summed E-state index contributed by atoms with van der Waals surface area (Å²) in [5, 5.41) is 0.657. The second-order valence-electron chi connectivity index (χ2n) is 8.14. The van der Waals surface area contributed by atoms with Gasteiger partial charge < -0.3 is 4.74 Å². The van der Waals surface area contributed by atoms with Crippen molar-refractivity contribution in [3.8, 4) is 22.3 Å². The summed E-state index contributed by atoms with van der Waals surface area (Å²) in [6.07, 6.45) is 6.60. The van der Waals surface area contributed by atoms with Crippen LogP contribution >= 0.6 is 11.6 Å². The SMILES string of the molecule is C=CC1=Cc2ccc(-c3ccc(CN4CCOCC4)cc3)cc2-c2cc(Cl)cnc2C1. The van der Waals surface area contributed by atoms with Gasteiger partial charge in [0, 0.05) is 37.8 Å². The molecule has 0 N–H and O–H groups in total. The summed E-state index contributed by atoms with van der Waals surface area (Å²) in [7, 11) is 0. The van der Waals surface area contributed by atoms with Crippen LogP contribution in [-0.4, -0.2) is 36.2 Å². The molecule has 2 heterocycles. The van der Waals surface area contributed by atoms with E-state index >= 15 is 0 Å². The van der Waals surface area contributed by atoms with Crippen LogP contribution in [0.2, 0.25) is 5.02 Å². The summed E-state index contributed by atoms with van der Waals surface area (Å²) < 4.78 is 5.45. The van der Waals surface area contributed by atoms with Gasteiger partial charge in [0.15, 0.2) is 0 Å². The predicted octanol–water partition coefficient (Wildman–Crippen LogP) is 6.03. The Bertz CT molecular complexity index is 1140. The molecule has 5 rings (SSSR count). The molecule has 2 aliphatic rings. The first kappa shape index (κ1) is 20.2. The number of ether oxygens (including phenoxy) is 1. The molecular weight excluding hydrogens is 404 g/mol. The number of pyridine rings is 1. The summed E-state index contributed by atoms with van der Waals surface area (Å²) in [6.45, 7) is 8.61. The fourth-order valence-corrected chi connectivity index (χ4v) is 4.49. The van der Waals surface area contributed by atoms with E-state index < -0.39 is 0 Å². The number of rotatable bonds is 4. The van der Waals surface area contributed by atoms with E-state index in [-0.39, 0.29) is 0 Å². The molecule has 1 fully saturated rings. The zero-order valence-electron chi connectivity index (χ0n) is 17.5. The lowest BCUT2D eigenvalue weighted by Gasteiger charge is -2.26. The normalized spacial score (nSPS) is 16.1. The first-order valence-corrected chi connectivity index (χ1v) is 11.1. The summed E-state index contributed by atoms with van der Waals surface area (Å²) >= 11 is 6.31. The van der Waals surface area contributed by atoms with Crippen molar-refractivity contribution in [1.29, 1.82) is 0 Å². The van der Waals surface area contributed by atoms with Crippen molar-refractivity contribution in [3.05, 3.63) is 94.8 Å². The molecule has 0 saturated carbocycles. The highest BCUT2D eigenvalue weighted by Crippen LogP contribution is 2.37. The largest absolute Gasteiger partial charge is 0.379 e. The van der Waals surface area contributed by atoms with Gasteiger partial charge in [0.1, 0.15) is 0 Å². The van der Waals surface area contributed by atoms with Gasteiger partial charge in [-0.2, -0.15) is 0 Å². The Balaban J connectivity index is 1.48. The van der Waals surface area contributed by atoms with E-state index in [4.69, 9.17) is 16.3 Å². The Morgan fingerprint density at radius 3 is 2.55 bits per heavy atom. The number of morpholine rings is 1. The summed E-state index contributed by atoms with van der Waals surface area (Å²) in [5.74, 6) is 0. The molecule has 156 valence electrons. The minimum Gasteiger partial charge on any atom is -0.379 e. The molecule has 1 aromatic heterocycles. The van der Waals surface area contributed by atoms with Crippen LogP contribution in [0.25, 0.3) is 28.3 Å². The van der Waals surface area contributed by atoms with Crippen LogP contribution in [0.15, 0.2) is 73.0 Å². The van der Waals surface area contributed by atoms with Gasteiger partial charge in [-0.1, -0.05) is 66.7 Å². The minimum absolute atomic E-state index is 0.657. The van der Waals surface area contributed by atoms with Gasteiger partial charge in [-0.25, -0.2) is 0 Å². The van der Waals surface area contributed by atoms with Crippen LogP contribution in [-0.2, 0) is 17.7 Å². The molecule has 0 unspecified atom stereocenters. The van der Waals surface area contributed by atoms with Gasteiger partial charge in [0.05, 0.1) is 23.9 Å². The van der Waals surface area contributed by atoms with Crippen molar-refractivity contribution < 1.29 is 4.74 Å². The molecule has 1 aliphatic carbocycles. The summed E-state index contributed by atoms with van der Waals surface area (Å²) in [5.41, 5.74) is 9.37. The van der Waals surface area contributed by atoms with E-state index in [9.17, 15) is 0 Å². The first-order chi connectivity index (χ1) is 15.2. The lowest BCUT2D eigenvalue weighted by atomic mass is 9.94. The number of nitrogens with zero attached hydrogens (tertiary/aromatic N) is 2. The molecule has 1 aliphatic heterocycles. The molecule has 3 aromatic rings. The topological polar surface area (TPSA) is 25.4 Å². The number of allylic oxidation sites excluding steroid dienone is 2. The average Bonchev–Trinajstić information content (AvgIpc) is 2.96. The molecule has 3 nitrogen and oxygen atoms in total. The van der Waals surface area contributed by atoms with E-state index in [1.807, 2.05) is 12.1 Å². The third-order valence-electron chi connectivity index (χ3n) is 6.05. The molecule has 0 amide bonds. The number of hydrogen-bond donors (Lipinski definition) is 0. The molecule has 0 bridgehead atoms. The van der Waals surface area contributed by atoms with Crippen LogP contribution in [0.3, 0.4) is 0 Å². The molecule has 4 heteroatoms. The van der Waals surface area contributed by atoms with Crippen molar-refractivity contribution in [2.45, 2.75) is 13.0 Å². The predicted molar refractivity (Wildman–Crippen MR) is 128 cm³/mol. The van der Waals surface area contributed by atoms with Gasteiger partial charge in [-0.15, -0.1) is 0 Å². The Hall–Kier alpha value is -2.72. The van der Waals surface area contributed by atoms with Gasteiger partial charge in [-0.05, 0) is 45.5 Å². The van der Waals surface area contributed by atoms with E-state index in [2.05, 4.69) is 65.0 Å². The molecule has 0 radical (unpaired) electrons. The summed E-state index contributed by atoms with van der Waals surface area (Å²) in [4.78, 5) is 7.05. The van der Waals surface area contributed by atoms with Crippen molar-refractivity contribution in [3.63, 3.8) is 0 Å². The number of benzene rings is 2. The second-order valence-corrected chi connectivity index (χ2v) is 8.57.